The van der Waals surface area contributed by atoms with E-state index < -0.39 is 4.32 Å². The molecule has 0 atom stereocenters. The Kier molecular flexibility index (Phi) is 3.78. The van der Waals surface area contributed by atoms with Gasteiger partial charge in [0.1, 0.15) is 0 Å². The lowest BCUT2D eigenvalue weighted by atomic mass is 10.0. The standard InChI is InChI=1S/C11H13BrOS/c1-11(2,12)10(13)8-4-6-9(14-3)7-5-8/h4-7H,1-3H3. The molecule has 0 aliphatic rings. The van der Waals surface area contributed by atoms with Gasteiger partial charge < -0.3 is 0 Å². The van der Waals surface area contributed by atoms with Crippen LogP contribution in [0.5, 0.6) is 0 Å². The van der Waals surface area contributed by atoms with Gasteiger partial charge in [-0.25, -0.2) is 0 Å². The second-order valence-corrected chi connectivity index (χ2v) is 6.39. The van der Waals surface area contributed by atoms with Gasteiger partial charge in [-0.2, -0.15) is 0 Å². The molecule has 0 aliphatic heterocycles. The van der Waals surface area contributed by atoms with Gasteiger partial charge in [-0.05, 0) is 32.2 Å². The topological polar surface area (TPSA) is 17.1 Å². The lowest BCUT2D eigenvalue weighted by Crippen LogP contribution is -2.23. The Morgan fingerprint density at radius 1 is 1.29 bits per heavy atom. The zero-order chi connectivity index (χ0) is 10.8. The zero-order valence-electron chi connectivity index (χ0n) is 8.50. The highest BCUT2D eigenvalue weighted by Gasteiger charge is 2.24. The lowest BCUT2D eigenvalue weighted by Gasteiger charge is -2.14. The Hall–Kier alpha value is -0.280. The number of Topliss-reactive ketones (excluding diaryl/α,β-unsaturated/α-hetero) is 1. The summed E-state index contributed by atoms with van der Waals surface area (Å²) < 4.78 is -0.478. The fourth-order valence-corrected chi connectivity index (χ4v) is 1.72. The van der Waals surface area contributed by atoms with E-state index in [0.29, 0.717) is 0 Å². The molecule has 0 aromatic heterocycles. The molecule has 0 fully saturated rings. The van der Waals surface area contributed by atoms with Gasteiger partial charge in [-0.3, -0.25) is 4.79 Å². The molecule has 14 heavy (non-hydrogen) atoms. The molecule has 0 N–H and O–H groups in total. The number of carbonyl (C=O) groups is 1. The molecular weight excluding hydrogens is 260 g/mol. The minimum Gasteiger partial charge on any atom is -0.293 e. The number of ketones is 1. The van der Waals surface area contributed by atoms with Crippen LogP contribution in [0.2, 0.25) is 0 Å². The summed E-state index contributed by atoms with van der Waals surface area (Å²) in [5.41, 5.74) is 0.754. The van der Waals surface area contributed by atoms with Crippen LogP contribution in [0.15, 0.2) is 29.2 Å². The number of halogens is 1. The van der Waals surface area contributed by atoms with Crippen LogP contribution in [-0.2, 0) is 0 Å². The third kappa shape index (κ3) is 2.85. The number of alkyl halides is 1. The first-order chi connectivity index (χ1) is 6.45. The minimum absolute atomic E-state index is 0.116. The van der Waals surface area contributed by atoms with Crippen molar-refractivity contribution in [2.45, 2.75) is 23.1 Å². The van der Waals surface area contributed by atoms with Crippen molar-refractivity contribution in [3.05, 3.63) is 29.8 Å². The Bertz CT molecular complexity index is 324. The number of thioether (sulfide) groups is 1. The van der Waals surface area contributed by atoms with E-state index in [1.807, 2.05) is 44.4 Å². The molecule has 1 rings (SSSR count). The maximum Gasteiger partial charge on any atom is 0.178 e. The molecule has 0 spiro atoms. The number of hydrogen-bond donors (Lipinski definition) is 0. The summed E-state index contributed by atoms with van der Waals surface area (Å²) in [6.07, 6.45) is 2.02. The van der Waals surface area contributed by atoms with E-state index in [0.717, 1.165) is 5.56 Å². The molecule has 1 nitrogen and oxygen atoms in total. The van der Waals surface area contributed by atoms with Crippen molar-refractivity contribution >= 4 is 33.5 Å². The van der Waals surface area contributed by atoms with Gasteiger partial charge in [0.15, 0.2) is 5.78 Å². The minimum atomic E-state index is -0.478. The molecule has 0 saturated carbocycles. The van der Waals surface area contributed by atoms with Crippen LogP contribution in [0.25, 0.3) is 0 Å². The van der Waals surface area contributed by atoms with Gasteiger partial charge in [0.2, 0.25) is 0 Å². The molecule has 3 heteroatoms. The van der Waals surface area contributed by atoms with E-state index in [4.69, 9.17) is 0 Å². The average Bonchev–Trinajstić information content (AvgIpc) is 2.15. The summed E-state index contributed by atoms with van der Waals surface area (Å²) in [4.78, 5) is 13.0. The van der Waals surface area contributed by atoms with E-state index in [-0.39, 0.29) is 5.78 Å². The fraction of sp³-hybridized carbons (Fsp3) is 0.364. The number of carbonyl (C=O) groups excluding carboxylic acids is 1. The molecule has 0 bridgehead atoms. The number of hydrogen-bond acceptors (Lipinski definition) is 2. The van der Waals surface area contributed by atoms with Gasteiger partial charge in [0.25, 0.3) is 0 Å². The summed E-state index contributed by atoms with van der Waals surface area (Å²) >= 11 is 5.04. The second kappa shape index (κ2) is 4.49. The Labute approximate surface area is 97.4 Å². The van der Waals surface area contributed by atoms with Crippen molar-refractivity contribution in [2.24, 2.45) is 0 Å². The predicted molar refractivity (Wildman–Crippen MR) is 65.6 cm³/mol. The van der Waals surface area contributed by atoms with Crippen molar-refractivity contribution in [1.29, 1.82) is 0 Å². The molecule has 0 amide bonds. The van der Waals surface area contributed by atoms with Crippen LogP contribution in [0, 0.1) is 0 Å². The van der Waals surface area contributed by atoms with Crippen molar-refractivity contribution in [2.75, 3.05) is 6.26 Å². The van der Waals surface area contributed by atoms with Gasteiger partial charge in [0, 0.05) is 10.5 Å². The summed E-state index contributed by atoms with van der Waals surface area (Å²) in [5, 5.41) is 0. The zero-order valence-corrected chi connectivity index (χ0v) is 10.9. The smallest absolute Gasteiger partial charge is 0.178 e. The Morgan fingerprint density at radius 2 is 1.79 bits per heavy atom. The third-order valence-corrected chi connectivity index (χ3v) is 3.00. The first kappa shape index (κ1) is 11.8. The molecule has 0 radical (unpaired) electrons. The predicted octanol–water partition coefficient (Wildman–Crippen LogP) is 3.76. The van der Waals surface area contributed by atoms with Gasteiger partial charge in [0.05, 0.1) is 4.32 Å². The van der Waals surface area contributed by atoms with Crippen molar-refractivity contribution < 1.29 is 4.79 Å². The Balaban J connectivity index is 2.93. The van der Waals surface area contributed by atoms with Crippen LogP contribution in [0.1, 0.15) is 24.2 Å². The molecule has 1 aromatic rings. The average molecular weight is 273 g/mol. The van der Waals surface area contributed by atoms with Crippen LogP contribution < -0.4 is 0 Å². The van der Waals surface area contributed by atoms with Crippen molar-refractivity contribution in [3.8, 4) is 0 Å². The monoisotopic (exact) mass is 272 g/mol. The van der Waals surface area contributed by atoms with E-state index >= 15 is 0 Å². The summed E-state index contributed by atoms with van der Waals surface area (Å²) in [7, 11) is 0. The van der Waals surface area contributed by atoms with Crippen molar-refractivity contribution in [3.63, 3.8) is 0 Å². The highest BCUT2D eigenvalue weighted by Crippen LogP contribution is 2.23. The highest BCUT2D eigenvalue weighted by atomic mass is 79.9. The summed E-state index contributed by atoms with van der Waals surface area (Å²) in [6.45, 7) is 3.72. The first-order valence-corrected chi connectivity index (χ1v) is 6.34. The lowest BCUT2D eigenvalue weighted by molar-refractivity contribution is 0.0961. The molecule has 0 heterocycles. The van der Waals surface area contributed by atoms with Crippen LogP contribution >= 0.6 is 27.7 Å². The summed E-state index contributed by atoms with van der Waals surface area (Å²) in [5.74, 6) is 0.116. The molecule has 0 saturated heterocycles. The van der Waals surface area contributed by atoms with E-state index in [1.165, 1.54) is 4.90 Å². The van der Waals surface area contributed by atoms with Crippen LogP contribution in [0.3, 0.4) is 0 Å². The van der Waals surface area contributed by atoms with Gasteiger partial charge >= 0.3 is 0 Å². The van der Waals surface area contributed by atoms with Gasteiger partial charge in [-0.1, -0.05) is 28.1 Å². The SMILES string of the molecule is CSc1ccc(C(=O)C(C)(C)Br)cc1. The normalized spacial score (nSPS) is 11.4. The molecule has 0 aliphatic carbocycles. The molecule has 1 aromatic carbocycles. The highest BCUT2D eigenvalue weighted by molar-refractivity contribution is 9.10. The van der Waals surface area contributed by atoms with E-state index in [1.54, 1.807) is 11.8 Å². The Morgan fingerprint density at radius 3 is 2.14 bits per heavy atom. The van der Waals surface area contributed by atoms with Crippen LogP contribution in [0.4, 0.5) is 0 Å². The van der Waals surface area contributed by atoms with Gasteiger partial charge in [-0.15, -0.1) is 11.8 Å². The third-order valence-electron chi connectivity index (χ3n) is 1.89. The molecular formula is C11H13BrOS. The van der Waals surface area contributed by atoms with E-state index in [2.05, 4.69) is 15.9 Å². The second-order valence-electron chi connectivity index (χ2n) is 3.53. The number of rotatable bonds is 3. The quantitative estimate of drug-likeness (QED) is 0.474. The summed E-state index contributed by atoms with van der Waals surface area (Å²) in [6, 6.07) is 7.68. The fourth-order valence-electron chi connectivity index (χ4n) is 1.09. The van der Waals surface area contributed by atoms with Crippen molar-refractivity contribution in [1.82, 2.24) is 0 Å². The maximum absolute atomic E-state index is 11.8. The number of benzene rings is 1. The largest absolute Gasteiger partial charge is 0.293 e. The molecule has 0 unspecified atom stereocenters. The first-order valence-electron chi connectivity index (χ1n) is 4.33. The van der Waals surface area contributed by atoms with E-state index in [9.17, 15) is 4.79 Å². The maximum atomic E-state index is 11.8. The van der Waals surface area contributed by atoms with Crippen LogP contribution in [-0.4, -0.2) is 16.4 Å². The molecule has 76 valence electrons.